The number of anilines is 1. The Morgan fingerprint density at radius 3 is 2.60 bits per heavy atom. The highest BCUT2D eigenvalue weighted by Gasteiger charge is 2.27. The molecule has 0 unspecified atom stereocenters. The normalized spacial score (nSPS) is 22.9. The van der Waals surface area contributed by atoms with Crippen LogP contribution in [-0.4, -0.2) is 29.1 Å². The van der Waals surface area contributed by atoms with Crippen LogP contribution in [0.2, 0.25) is 0 Å². The molecule has 3 N–H and O–H groups in total. The van der Waals surface area contributed by atoms with Crippen LogP contribution in [0.4, 0.5) is 10.1 Å². The second-order valence-corrected chi connectivity index (χ2v) is 5.61. The number of carbonyl (C=O) groups is 1. The van der Waals surface area contributed by atoms with E-state index in [-0.39, 0.29) is 17.4 Å². The number of carboxylic acid groups (broad SMARTS) is 1. The summed E-state index contributed by atoms with van der Waals surface area (Å²) >= 11 is 0. The molecule has 0 saturated heterocycles. The highest BCUT2D eigenvalue weighted by atomic mass is 19.1. The molecule has 0 spiro atoms. The van der Waals surface area contributed by atoms with Crippen molar-refractivity contribution in [3.63, 3.8) is 0 Å². The maximum absolute atomic E-state index is 13.4. The number of hydrogen-bond acceptors (Lipinski definition) is 3. The second-order valence-electron chi connectivity index (χ2n) is 5.61. The highest BCUT2D eigenvalue weighted by molar-refractivity contribution is 5.70. The lowest BCUT2D eigenvalue weighted by molar-refractivity contribution is -0.143. The number of hydrogen-bond donors (Lipinski definition) is 2. The third-order valence-corrected chi connectivity index (χ3v) is 4.17. The minimum atomic E-state index is -0.688. The Balaban J connectivity index is 1.90. The summed E-state index contributed by atoms with van der Waals surface area (Å²) in [4.78, 5) is 13.1. The van der Waals surface area contributed by atoms with Crippen LogP contribution < -0.4 is 5.73 Å². The predicted molar refractivity (Wildman–Crippen MR) is 75.7 cm³/mol. The van der Waals surface area contributed by atoms with Gasteiger partial charge < -0.3 is 10.8 Å². The van der Waals surface area contributed by atoms with Gasteiger partial charge in [-0.05, 0) is 50.4 Å². The van der Waals surface area contributed by atoms with Crippen molar-refractivity contribution in [2.45, 2.75) is 38.3 Å². The maximum Gasteiger partial charge on any atom is 0.306 e. The van der Waals surface area contributed by atoms with Crippen LogP contribution in [0.1, 0.15) is 31.2 Å². The first-order chi connectivity index (χ1) is 9.47. The number of rotatable bonds is 4. The average molecular weight is 280 g/mol. The fraction of sp³-hybridized carbons (Fsp3) is 0.533. The molecule has 20 heavy (non-hydrogen) atoms. The van der Waals surface area contributed by atoms with Crippen molar-refractivity contribution in [2.75, 3.05) is 12.8 Å². The van der Waals surface area contributed by atoms with E-state index >= 15 is 0 Å². The number of aliphatic carboxylic acids is 1. The first-order valence-corrected chi connectivity index (χ1v) is 6.94. The first kappa shape index (κ1) is 14.8. The van der Waals surface area contributed by atoms with Crippen molar-refractivity contribution in [3.05, 3.63) is 29.6 Å². The lowest BCUT2D eigenvalue weighted by Gasteiger charge is -2.33. The van der Waals surface area contributed by atoms with E-state index < -0.39 is 5.97 Å². The SMILES string of the molecule is CN(Cc1ccc(N)c(F)c1)[C@H]1CC[C@@H](C(=O)O)CC1. The minimum absolute atomic E-state index is 0.165. The molecule has 1 aromatic rings. The lowest BCUT2D eigenvalue weighted by atomic mass is 9.85. The number of carboxylic acids is 1. The smallest absolute Gasteiger partial charge is 0.306 e. The first-order valence-electron chi connectivity index (χ1n) is 6.94. The van der Waals surface area contributed by atoms with Gasteiger partial charge in [-0.25, -0.2) is 4.39 Å². The van der Waals surface area contributed by atoms with Crippen LogP contribution in [0, 0.1) is 11.7 Å². The van der Waals surface area contributed by atoms with Crippen LogP contribution in [0.15, 0.2) is 18.2 Å². The van der Waals surface area contributed by atoms with E-state index in [9.17, 15) is 9.18 Å². The van der Waals surface area contributed by atoms with Gasteiger partial charge in [0, 0.05) is 12.6 Å². The molecule has 0 bridgehead atoms. The van der Waals surface area contributed by atoms with Gasteiger partial charge in [0.1, 0.15) is 5.82 Å². The van der Waals surface area contributed by atoms with Crippen molar-refractivity contribution in [1.29, 1.82) is 0 Å². The number of nitrogen functional groups attached to an aromatic ring is 1. The van der Waals surface area contributed by atoms with E-state index in [0.29, 0.717) is 12.6 Å². The van der Waals surface area contributed by atoms with Crippen molar-refractivity contribution >= 4 is 11.7 Å². The Morgan fingerprint density at radius 2 is 2.05 bits per heavy atom. The van der Waals surface area contributed by atoms with Gasteiger partial charge in [0.05, 0.1) is 11.6 Å². The van der Waals surface area contributed by atoms with Gasteiger partial charge in [-0.2, -0.15) is 0 Å². The van der Waals surface area contributed by atoms with Crippen molar-refractivity contribution in [2.24, 2.45) is 5.92 Å². The lowest BCUT2D eigenvalue weighted by Crippen LogP contribution is -2.36. The number of halogens is 1. The number of nitrogens with two attached hydrogens (primary N) is 1. The summed E-state index contributed by atoms with van der Waals surface area (Å²) in [7, 11) is 2.00. The van der Waals surface area contributed by atoms with Crippen LogP contribution in [0.25, 0.3) is 0 Å². The molecule has 110 valence electrons. The van der Waals surface area contributed by atoms with Crippen LogP contribution in [0.5, 0.6) is 0 Å². The summed E-state index contributed by atoms with van der Waals surface area (Å²) in [6.07, 6.45) is 3.21. The van der Waals surface area contributed by atoms with Gasteiger partial charge >= 0.3 is 5.97 Å². The van der Waals surface area contributed by atoms with Gasteiger partial charge in [0.15, 0.2) is 0 Å². The molecule has 4 nitrogen and oxygen atoms in total. The zero-order valence-corrected chi connectivity index (χ0v) is 11.7. The Morgan fingerprint density at radius 1 is 1.40 bits per heavy atom. The zero-order chi connectivity index (χ0) is 14.7. The molecule has 0 heterocycles. The van der Waals surface area contributed by atoms with E-state index in [1.54, 1.807) is 6.07 Å². The third-order valence-electron chi connectivity index (χ3n) is 4.17. The minimum Gasteiger partial charge on any atom is -0.481 e. The quantitative estimate of drug-likeness (QED) is 0.832. The molecule has 0 aliphatic heterocycles. The molecule has 1 aromatic carbocycles. The topological polar surface area (TPSA) is 66.6 Å². The third kappa shape index (κ3) is 3.48. The average Bonchev–Trinajstić information content (AvgIpc) is 2.43. The summed E-state index contributed by atoms with van der Waals surface area (Å²) < 4.78 is 13.4. The van der Waals surface area contributed by atoms with Gasteiger partial charge in [0.2, 0.25) is 0 Å². The molecule has 5 heteroatoms. The largest absolute Gasteiger partial charge is 0.481 e. The second kappa shape index (κ2) is 6.22. The summed E-state index contributed by atoms with van der Waals surface area (Å²) in [5.41, 5.74) is 6.52. The molecule has 1 fully saturated rings. The van der Waals surface area contributed by atoms with Crippen LogP contribution in [0.3, 0.4) is 0 Å². The monoisotopic (exact) mass is 280 g/mol. The van der Waals surface area contributed by atoms with Gasteiger partial charge in [0.25, 0.3) is 0 Å². The van der Waals surface area contributed by atoms with Gasteiger partial charge in [-0.1, -0.05) is 6.07 Å². The van der Waals surface area contributed by atoms with E-state index in [1.807, 2.05) is 13.1 Å². The predicted octanol–water partition coefficient (Wildman–Crippen LogP) is 2.48. The highest BCUT2D eigenvalue weighted by Crippen LogP contribution is 2.28. The van der Waals surface area contributed by atoms with Crippen LogP contribution in [-0.2, 0) is 11.3 Å². The molecular formula is C15H21FN2O2. The fourth-order valence-electron chi connectivity index (χ4n) is 2.85. The van der Waals surface area contributed by atoms with E-state index in [4.69, 9.17) is 10.8 Å². The molecule has 0 atom stereocenters. The number of nitrogens with zero attached hydrogens (tertiary/aromatic N) is 1. The van der Waals surface area contributed by atoms with Crippen LogP contribution >= 0.6 is 0 Å². The van der Waals surface area contributed by atoms with E-state index in [1.165, 1.54) is 6.07 Å². The van der Waals surface area contributed by atoms with E-state index in [2.05, 4.69) is 4.90 Å². The van der Waals surface area contributed by atoms with Gasteiger partial charge in [-0.15, -0.1) is 0 Å². The van der Waals surface area contributed by atoms with Crippen molar-refractivity contribution < 1.29 is 14.3 Å². The molecular weight excluding hydrogens is 259 g/mol. The summed E-state index contributed by atoms with van der Waals surface area (Å²) in [6, 6.07) is 5.25. The molecule has 1 aliphatic rings. The molecule has 0 aromatic heterocycles. The summed E-state index contributed by atoms with van der Waals surface area (Å²) in [5, 5.41) is 8.99. The number of benzene rings is 1. The molecule has 0 radical (unpaired) electrons. The zero-order valence-electron chi connectivity index (χ0n) is 11.7. The Labute approximate surface area is 118 Å². The fourth-order valence-corrected chi connectivity index (χ4v) is 2.85. The molecule has 1 aliphatic carbocycles. The van der Waals surface area contributed by atoms with Crippen molar-refractivity contribution in [1.82, 2.24) is 4.90 Å². The maximum atomic E-state index is 13.4. The van der Waals surface area contributed by atoms with Crippen molar-refractivity contribution in [3.8, 4) is 0 Å². The Bertz CT molecular complexity index is 485. The summed E-state index contributed by atoms with van der Waals surface area (Å²) in [6.45, 7) is 0.652. The van der Waals surface area contributed by atoms with E-state index in [0.717, 1.165) is 31.2 Å². The summed E-state index contributed by atoms with van der Waals surface area (Å²) in [5.74, 6) is -1.27. The Kier molecular flexibility index (Phi) is 4.60. The standard InChI is InChI=1S/C15H21FN2O2/c1-18(9-10-2-7-14(17)13(16)8-10)12-5-3-11(4-6-12)15(19)20/h2,7-8,11-12H,3-6,9,17H2,1H3,(H,19,20)/t11-,12+. The van der Waals surface area contributed by atoms with Gasteiger partial charge in [-0.3, -0.25) is 9.69 Å². The molecule has 0 amide bonds. The Hall–Kier alpha value is -1.62. The molecule has 1 saturated carbocycles. The molecule has 2 rings (SSSR count).